The van der Waals surface area contributed by atoms with Gasteiger partial charge in [0.05, 0.1) is 0 Å². The summed E-state index contributed by atoms with van der Waals surface area (Å²) in [6.07, 6.45) is 7.40. The number of hydrogen-bond donors (Lipinski definition) is 3. The number of carbonyl (C=O) groups excluding carboxylic acids is 1. The SMILES string of the molecule is O=C(NC[C@@H](CO)CC1CCCCC1)Nc1ccc2c(c1)OCO2. The molecule has 3 rings (SSSR count). The average molecular weight is 334 g/mol. The Labute approximate surface area is 142 Å². The Hall–Kier alpha value is -1.95. The molecule has 1 aliphatic heterocycles. The molecule has 3 N–H and O–H groups in total. The number of amides is 2. The van der Waals surface area contributed by atoms with Crippen molar-refractivity contribution in [1.82, 2.24) is 5.32 Å². The Bertz CT molecular complexity index is 558. The zero-order chi connectivity index (χ0) is 16.8. The monoisotopic (exact) mass is 334 g/mol. The maximum atomic E-state index is 12.0. The van der Waals surface area contributed by atoms with E-state index in [1.807, 2.05) is 0 Å². The number of carbonyl (C=O) groups is 1. The van der Waals surface area contributed by atoms with Crippen LogP contribution in [0.3, 0.4) is 0 Å². The third-order valence-corrected chi connectivity index (χ3v) is 4.83. The van der Waals surface area contributed by atoms with Crippen LogP contribution in [0.15, 0.2) is 18.2 Å². The summed E-state index contributed by atoms with van der Waals surface area (Å²) in [5.41, 5.74) is 0.657. The van der Waals surface area contributed by atoms with Crippen molar-refractivity contribution < 1.29 is 19.4 Å². The number of rotatable bonds is 6. The topological polar surface area (TPSA) is 79.8 Å². The molecule has 6 heteroatoms. The van der Waals surface area contributed by atoms with Crippen molar-refractivity contribution in [2.45, 2.75) is 38.5 Å². The van der Waals surface area contributed by atoms with E-state index in [-0.39, 0.29) is 25.3 Å². The summed E-state index contributed by atoms with van der Waals surface area (Å²) < 4.78 is 10.5. The van der Waals surface area contributed by atoms with Crippen molar-refractivity contribution >= 4 is 11.7 Å². The number of anilines is 1. The number of benzene rings is 1. The summed E-state index contributed by atoms with van der Waals surface area (Å²) >= 11 is 0. The first-order valence-corrected chi connectivity index (χ1v) is 8.80. The number of nitrogens with one attached hydrogen (secondary N) is 2. The molecule has 24 heavy (non-hydrogen) atoms. The van der Waals surface area contributed by atoms with Crippen LogP contribution in [-0.2, 0) is 0 Å². The van der Waals surface area contributed by atoms with Crippen LogP contribution in [0.1, 0.15) is 38.5 Å². The van der Waals surface area contributed by atoms with E-state index in [0.29, 0.717) is 29.6 Å². The van der Waals surface area contributed by atoms with Gasteiger partial charge in [0.1, 0.15) is 0 Å². The average Bonchev–Trinajstić information content (AvgIpc) is 3.07. The maximum absolute atomic E-state index is 12.0. The number of hydrogen-bond acceptors (Lipinski definition) is 4. The summed E-state index contributed by atoms with van der Waals surface area (Å²) in [5.74, 6) is 2.14. The van der Waals surface area contributed by atoms with E-state index >= 15 is 0 Å². The number of fused-ring (bicyclic) bond motifs is 1. The van der Waals surface area contributed by atoms with Crippen molar-refractivity contribution in [3.8, 4) is 11.5 Å². The molecule has 132 valence electrons. The summed E-state index contributed by atoms with van der Waals surface area (Å²) in [6, 6.07) is 5.03. The minimum Gasteiger partial charge on any atom is -0.454 e. The van der Waals surface area contributed by atoms with Gasteiger partial charge in [0.2, 0.25) is 6.79 Å². The van der Waals surface area contributed by atoms with Crippen LogP contribution in [0.5, 0.6) is 11.5 Å². The first kappa shape index (κ1) is 16.9. The third-order valence-electron chi connectivity index (χ3n) is 4.83. The Morgan fingerprint density at radius 1 is 1.21 bits per heavy atom. The zero-order valence-electron chi connectivity index (χ0n) is 13.9. The van der Waals surface area contributed by atoms with Crippen molar-refractivity contribution in [1.29, 1.82) is 0 Å². The number of urea groups is 1. The lowest BCUT2D eigenvalue weighted by Gasteiger charge is -2.25. The highest BCUT2D eigenvalue weighted by molar-refractivity contribution is 5.89. The third kappa shape index (κ3) is 4.54. The van der Waals surface area contributed by atoms with Gasteiger partial charge in [0, 0.05) is 24.9 Å². The fraction of sp³-hybridized carbons (Fsp3) is 0.611. The molecule has 1 aromatic rings. The molecular weight excluding hydrogens is 308 g/mol. The minimum atomic E-state index is -0.268. The molecule has 1 fully saturated rings. The fourth-order valence-corrected chi connectivity index (χ4v) is 3.50. The van der Waals surface area contributed by atoms with E-state index in [1.165, 1.54) is 32.1 Å². The Morgan fingerprint density at radius 2 is 2.00 bits per heavy atom. The highest BCUT2D eigenvalue weighted by atomic mass is 16.7. The summed E-state index contributed by atoms with van der Waals surface area (Å²) in [7, 11) is 0. The Kier molecular flexibility index (Phi) is 5.80. The lowest BCUT2D eigenvalue weighted by molar-refractivity contribution is 0.174. The largest absolute Gasteiger partial charge is 0.454 e. The maximum Gasteiger partial charge on any atom is 0.319 e. The fourth-order valence-electron chi connectivity index (χ4n) is 3.50. The smallest absolute Gasteiger partial charge is 0.319 e. The van der Waals surface area contributed by atoms with Gasteiger partial charge in [-0.2, -0.15) is 0 Å². The number of aliphatic hydroxyl groups is 1. The standard InChI is InChI=1S/C18H26N2O4/c21-11-14(8-13-4-2-1-3-5-13)10-19-18(22)20-15-6-7-16-17(9-15)24-12-23-16/h6-7,9,13-14,21H,1-5,8,10-12H2,(H2,19,20,22)/t14-/m0/s1. The molecule has 6 nitrogen and oxygen atoms in total. The van der Waals surface area contributed by atoms with Gasteiger partial charge in [0.15, 0.2) is 11.5 Å². The Balaban J connectivity index is 1.43. The molecule has 1 saturated carbocycles. The zero-order valence-corrected chi connectivity index (χ0v) is 13.9. The molecule has 1 aromatic carbocycles. The Morgan fingerprint density at radius 3 is 2.79 bits per heavy atom. The summed E-state index contributed by atoms with van der Waals surface area (Å²) in [5, 5.41) is 15.2. The quantitative estimate of drug-likeness (QED) is 0.747. The molecule has 0 bridgehead atoms. The van der Waals surface area contributed by atoms with Gasteiger partial charge in [-0.15, -0.1) is 0 Å². The molecule has 2 amide bonds. The normalized spacial score (nSPS) is 18.2. The van der Waals surface area contributed by atoms with Crippen LogP contribution in [0, 0.1) is 11.8 Å². The van der Waals surface area contributed by atoms with Crippen molar-refractivity contribution in [3.05, 3.63) is 18.2 Å². The van der Waals surface area contributed by atoms with E-state index < -0.39 is 0 Å². The number of aliphatic hydroxyl groups excluding tert-OH is 1. The van der Waals surface area contributed by atoms with E-state index in [9.17, 15) is 9.90 Å². The lowest BCUT2D eigenvalue weighted by atomic mass is 9.83. The highest BCUT2D eigenvalue weighted by Gasteiger charge is 2.19. The van der Waals surface area contributed by atoms with Gasteiger partial charge < -0.3 is 25.2 Å². The highest BCUT2D eigenvalue weighted by Crippen LogP contribution is 2.34. The second kappa shape index (κ2) is 8.24. The van der Waals surface area contributed by atoms with Gasteiger partial charge in [-0.25, -0.2) is 4.79 Å². The second-order valence-electron chi connectivity index (χ2n) is 6.69. The minimum absolute atomic E-state index is 0.112. The number of ether oxygens (including phenoxy) is 2. The van der Waals surface area contributed by atoms with E-state index in [4.69, 9.17) is 9.47 Å². The molecular formula is C18H26N2O4. The molecule has 0 aromatic heterocycles. The van der Waals surface area contributed by atoms with Gasteiger partial charge in [-0.3, -0.25) is 0 Å². The molecule has 1 heterocycles. The second-order valence-corrected chi connectivity index (χ2v) is 6.69. The van der Waals surface area contributed by atoms with E-state index in [2.05, 4.69) is 10.6 Å². The van der Waals surface area contributed by atoms with Crippen molar-refractivity contribution in [2.75, 3.05) is 25.3 Å². The lowest BCUT2D eigenvalue weighted by Crippen LogP contribution is -2.35. The molecule has 0 spiro atoms. The van der Waals surface area contributed by atoms with Crippen LogP contribution >= 0.6 is 0 Å². The van der Waals surface area contributed by atoms with Crippen LogP contribution < -0.4 is 20.1 Å². The molecule has 0 saturated heterocycles. The summed E-state index contributed by atoms with van der Waals surface area (Å²) in [6.45, 7) is 0.814. The van der Waals surface area contributed by atoms with Gasteiger partial charge in [-0.1, -0.05) is 32.1 Å². The summed E-state index contributed by atoms with van der Waals surface area (Å²) in [4.78, 5) is 12.0. The van der Waals surface area contributed by atoms with Crippen molar-refractivity contribution in [3.63, 3.8) is 0 Å². The first-order valence-electron chi connectivity index (χ1n) is 8.80. The van der Waals surface area contributed by atoms with Gasteiger partial charge >= 0.3 is 6.03 Å². The van der Waals surface area contributed by atoms with Gasteiger partial charge in [0.25, 0.3) is 0 Å². The van der Waals surface area contributed by atoms with Gasteiger partial charge in [-0.05, 0) is 30.4 Å². The van der Waals surface area contributed by atoms with Crippen LogP contribution in [-0.4, -0.2) is 31.1 Å². The van der Waals surface area contributed by atoms with Crippen LogP contribution in [0.4, 0.5) is 10.5 Å². The van der Waals surface area contributed by atoms with Crippen molar-refractivity contribution in [2.24, 2.45) is 11.8 Å². The predicted molar refractivity (Wildman–Crippen MR) is 91.4 cm³/mol. The van der Waals surface area contributed by atoms with E-state index in [0.717, 1.165) is 6.42 Å². The first-order chi connectivity index (χ1) is 11.7. The van der Waals surface area contributed by atoms with E-state index in [1.54, 1.807) is 18.2 Å². The van der Waals surface area contributed by atoms with Crippen LogP contribution in [0.25, 0.3) is 0 Å². The molecule has 2 aliphatic rings. The molecule has 0 radical (unpaired) electrons. The molecule has 0 unspecified atom stereocenters. The molecule has 1 atom stereocenters. The molecule has 1 aliphatic carbocycles. The van der Waals surface area contributed by atoms with Crippen LogP contribution in [0.2, 0.25) is 0 Å². The predicted octanol–water partition coefficient (Wildman–Crippen LogP) is 3.12.